The van der Waals surface area contributed by atoms with E-state index >= 15 is 0 Å². The first-order chi connectivity index (χ1) is 5.38. The van der Waals surface area contributed by atoms with Crippen LogP contribution in [-0.4, -0.2) is 19.8 Å². The first-order valence-electron chi connectivity index (χ1n) is 4.61. The molecule has 0 saturated heterocycles. The van der Waals surface area contributed by atoms with E-state index < -0.39 is 0 Å². The normalized spacial score (nSPS) is 23.5. The van der Waals surface area contributed by atoms with Crippen LogP contribution in [0.4, 0.5) is 0 Å². The van der Waals surface area contributed by atoms with Gasteiger partial charge in [-0.15, -0.1) is 0 Å². The molecule has 1 saturated carbocycles. The van der Waals surface area contributed by atoms with Crippen LogP contribution in [0.25, 0.3) is 0 Å². The topological polar surface area (TPSA) is 35.2 Å². The Morgan fingerprint density at radius 1 is 1.36 bits per heavy atom. The highest BCUT2D eigenvalue weighted by Crippen LogP contribution is 2.27. The van der Waals surface area contributed by atoms with E-state index in [0.717, 1.165) is 5.92 Å². The summed E-state index contributed by atoms with van der Waals surface area (Å²) in [4.78, 5) is 0. The highest BCUT2D eigenvalue weighted by Gasteiger charge is 2.21. The van der Waals surface area contributed by atoms with Gasteiger partial charge in [-0.1, -0.05) is 19.3 Å². The van der Waals surface area contributed by atoms with Gasteiger partial charge in [-0.3, -0.25) is 0 Å². The molecule has 0 aromatic heterocycles. The Kier molecular flexibility index (Phi) is 3.87. The van der Waals surface area contributed by atoms with Gasteiger partial charge in [-0.25, -0.2) is 0 Å². The summed E-state index contributed by atoms with van der Waals surface area (Å²) in [6.45, 7) is 0.682. The van der Waals surface area contributed by atoms with Crippen molar-refractivity contribution in [1.29, 1.82) is 0 Å². The molecular formula is C9H19NO. The third-order valence-electron chi connectivity index (χ3n) is 2.71. The highest BCUT2D eigenvalue weighted by atomic mass is 16.5. The summed E-state index contributed by atoms with van der Waals surface area (Å²) < 4.78 is 5.31. The molecule has 1 unspecified atom stereocenters. The molecule has 0 aromatic carbocycles. The summed E-state index contributed by atoms with van der Waals surface area (Å²) in [6, 6.07) is 0. The molecule has 2 heteroatoms. The lowest BCUT2D eigenvalue weighted by molar-refractivity contribution is 0.0432. The number of rotatable bonds is 3. The molecule has 0 bridgehead atoms. The zero-order valence-corrected chi connectivity index (χ0v) is 7.38. The molecule has 1 rings (SSSR count). The van der Waals surface area contributed by atoms with Crippen molar-refractivity contribution < 1.29 is 4.74 Å². The van der Waals surface area contributed by atoms with Crippen molar-refractivity contribution in [2.45, 2.75) is 38.2 Å². The molecule has 1 aliphatic rings. The zero-order valence-electron chi connectivity index (χ0n) is 7.38. The molecule has 1 atom stereocenters. The summed E-state index contributed by atoms with van der Waals surface area (Å²) in [5, 5.41) is 0. The van der Waals surface area contributed by atoms with E-state index in [2.05, 4.69) is 0 Å². The number of hydrogen-bond acceptors (Lipinski definition) is 2. The molecule has 0 spiro atoms. The van der Waals surface area contributed by atoms with E-state index in [0.29, 0.717) is 12.6 Å². The van der Waals surface area contributed by atoms with Crippen LogP contribution in [0.2, 0.25) is 0 Å². The van der Waals surface area contributed by atoms with Crippen molar-refractivity contribution >= 4 is 0 Å². The van der Waals surface area contributed by atoms with Crippen LogP contribution in [0, 0.1) is 5.92 Å². The molecule has 2 N–H and O–H groups in total. The fourth-order valence-electron chi connectivity index (χ4n) is 1.99. The van der Waals surface area contributed by atoms with E-state index in [1.807, 2.05) is 0 Å². The minimum absolute atomic E-state index is 0.315. The van der Waals surface area contributed by atoms with Crippen LogP contribution in [0.5, 0.6) is 0 Å². The largest absolute Gasteiger partial charge is 0.380 e. The number of hydrogen-bond donors (Lipinski definition) is 1. The Balaban J connectivity index is 2.30. The molecule has 0 heterocycles. The minimum atomic E-state index is 0.315. The van der Waals surface area contributed by atoms with Crippen molar-refractivity contribution in [2.24, 2.45) is 11.7 Å². The standard InChI is InChI=1S/C9H19NO/c1-11-9(7-10)8-5-3-2-4-6-8/h8-9H,2-7,10H2,1H3. The monoisotopic (exact) mass is 157 g/mol. The lowest BCUT2D eigenvalue weighted by atomic mass is 9.85. The Labute approximate surface area is 69.1 Å². The summed E-state index contributed by atoms with van der Waals surface area (Å²) in [5.74, 6) is 0.735. The number of ether oxygens (including phenoxy) is 1. The summed E-state index contributed by atoms with van der Waals surface area (Å²) in [7, 11) is 1.77. The van der Waals surface area contributed by atoms with Crippen molar-refractivity contribution in [3.05, 3.63) is 0 Å². The van der Waals surface area contributed by atoms with Crippen LogP contribution in [0.15, 0.2) is 0 Å². The maximum absolute atomic E-state index is 5.59. The summed E-state index contributed by atoms with van der Waals surface area (Å²) >= 11 is 0. The Morgan fingerprint density at radius 3 is 2.45 bits per heavy atom. The van der Waals surface area contributed by atoms with Gasteiger partial charge in [0.2, 0.25) is 0 Å². The smallest absolute Gasteiger partial charge is 0.0721 e. The van der Waals surface area contributed by atoms with Gasteiger partial charge in [0.25, 0.3) is 0 Å². The fraction of sp³-hybridized carbons (Fsp3) is 1.00. The molecule has 0 radical (unpaired) electrons. The first kappa shape index (κ1) is 9.01. The molecular weight excluding hydrogens is 138 g/mol. The molecule has 66 valence electrons. The second-order valence-corrected chi connectivity index (χ2v) is 3.41. The lowest BCUT2D eigenvalue weighted by Crippen LogP contribution is -2.32. The van der Waals surface area contributed by atoms with Crippen molar-refractivity contribution in [3.63, 3.8) is 0 Å². The molecule has 1 fully saturated rings. The molecule has 2 nitrogen and oxygen atoms in total. The second-order valence-electron chi connectivity index (χ2n) is 3.41. The maximum atomic E-state index is 5.59. The van der Waals surface area contributed by atoms with E-state index in [-0.39, 0.29) is 0 Å². The second kappa shape index (κ2) is 4.73. The van der Waals surface area contributed by atoms with Crippen molar-refractivity contribution in [3.8, 4) is 0 Å². The van der Waals surface area contributed by atoms with E-state index in [4.69, 9.17) is 10.5 Å². The van der Waals surface area contributed by atoms with Gasteiger partial charge < -0.3 is 10.5 Å². The molecule has 0 amide bonds. The Morgan fingerprint density at radius 2 is 2.00 bits per heavy atom. The maximum Gasteiger partial charge on any atom is 0.0721 e. The van der Waals surface area contributed by atoms with Crippen LogP contribution >= 0.6 is 0 Å². The van der Waals surface area contributed by atoms with E-state index in [9.17, 15) is 0 Å². The summed E-state index contributed by atoms with van der Waals surface area (Å²) in [6.07, 6.45) is 7.08. The van der Waals surface area contributed by atoms with Crippen LogP contribution < -0.4 is 5.73 Å². The van der Waals surface area contributed by atoms with Gasteiger partial charge in [0, 0.05) is 13.7 Å². The Bertz CT molecular complexity index is 95.7. The third-order valence-corrected chi connectivity index (χ3v) is 2.71. The van der Waals surface area contributed by atoms with E-state index in [1.54, 1.807) is 7.11 Å². The van der Waals surface area contributed by atoms with Gasteiger partial charge in [0.15, 0.2) is 0 Å². The van der Waals surface area contributed by atoms with Gasteiger partial charge in [-0.2, -0.15) is 0 Å². The zero-order chi connectivity index (χ0) is 8.10. The van der Waals surface area contributed by atoms with Crippen molar-refractivity contribution in [1.82, 2.24) is 0 Å². The highest BCUT2D eigenvalue weighted by molar-refractivity contribution is 4.74. The van der Waals surface area contributed by atoms with Crippen molar-refractivity contribution in [2.75, 3.05) is 13.7 Å². The lowest BCUT2D eigenvalue weighted by Gasteiger charge is -2.28. The number of methoxy groups -OCH3 is 1. The summed E-state index contributed by atoms with van der Waals surface area (Å²) in [5.41, 5.74) is 5.59. The average Bonchev–Trinajstić information content (AvgIpc) is 2.09. The van der Waals surface area contributed by atoms with Crippen LogP contribution in [-0.2, 0) is 4.74 Å². The third kappa shape index (κ3) is 2.46. The average molecular weight is 157 g/mol. The van der Waals surface area contributed by atoms with Gasteiger partial charge in [-0.05, 0) is 18.8 Å². The fourth-order valence-corrected chi connectivity index (χ4v) is 1.99. The molecule has 11 heavy (non-hydrogen) atoms. The SMILES string of the molecule is COC(CN)C1CCCCC1. The predicted molar refractivity (Wildman–Crippen MR) is 46.4 cm³/mol. The molecule has 1 aliphatic carbocycles. The van der Waals surface area contributed by atoms with Gasteiger partial charge in [0.05, 0.1) is 6.10 Å². The van der Waals surface area contributed by atoms with Crippen LogP contribution in [0.1, 0.15) is 32.1 Å². The molecule has 0 aliphatic heterocycles. The molecule has 0 aromatic rings. The Hall–Kier alpha value is -0.0800. The number of nitrogens with two attached hydrogens (primary N) is 1. The quantitative estimate of drug-likeness (QED) is 0.674. The first-order valence-corrected chi connectivity index (χ1v) is 4.61. The van der Waals surface area contributed by atoms with Gasteiger partial charge in [0.1, 0.15) is 0 Å². The van der Waals surface area contributed by atoms with E-state index in [1.165, 1.54) is 32.1 Å². The van der Waals surface area contributed by atoms with Gasteiger partial charge >= 0.3 is 0 Å². The van der Waals surface area contributed by atoms with Crippen LogP contribution in [0.3, 0.4) is 0 Å². The predicted octanol–water partition coefficient (Wildman–Crippen LogP) is 1.54. The minimum Gasteiger partial charge on any atom is -0.380 e.